The van der Waals surface area contributed by atoms with Crippen LogP contribution in [0.25, 0.3) is 204 Å². The van der Waals surface area contributed by atoms with E-state index in [1.165, 1.54) is 249 Å². The van der Waals surface area contributed by atoms with Crippen molar-refractivity contribution in [3.8, 4) is 95.2 Å². The van der Waals surface area contributed by atoms with Gasteiger partial charge >= 0.3 is 0 Å². The molecule has 5 heterocycles. The lowest BCUT2D eigenvalue weighted by Crippen LogP contribution is -2.17. The van der Waals surface area contributed by atoms with Gasteiger partial charge < -0.3 is 27.7 Å². The minimum atomic E-state index is -0.270. The van der Waals surface area contributed by atoms with Crippen LogP contribution in [-0.4, -0.2) is 22.8 Å². The Hall–Kier alpha value is -16.8. The van der Waals surface area contributed by atoms with Crippen molar-refractivity contribution in [2.45, 2.75) is 77.0 Å². The average Bonchev–Trinajstić information content (AvgIpc) is 1.53. The summed E-state index contributed by atoms with van der Waals surface area (Å²) in [4.78, 5) is 2.32. The summed E-state index contributed by atoms with van der Waals surface area (Å²) in [6.07, 6.45) is 0. The zero-order chi connectivity index (χ0) is 92.1. The summed E-state index contributed by atoms with van der Waals surface area (Å²) in [6, 6.07) is 163. The Labute approximate surface area is 801 Å². The van der Waals surface area contributed by atoms with Crippen LogP contribution >= 0.6 is 0 Å². The first-order chi connectivity index (χ1) is 67.5. The SMILES string of the molecule is CC1(C)c2cc(-n3c4ccccc4c4ccc5c(c43)C(C)(C)c3cc(-c4ccc(N(c6ccccc6)c6ccccc6)cc4)ccc3-5)ccc2-c2cc3c(cc21)c1ccccc1n3-c1ccccc1.CC1(C)c2cc(-n3c4ccccc4c4ccc5c(c43)C(C)(C)c3cc(-c4ccc6c(c4)c4ccccc4n6-c4ccccc4)ccc3-5)ccc2-c2cc3c(cc21)c1ccccc1n3-c1ccccc1. The first-order valence-electron chi connectivity index (χ1n) is 48.6. The molecule has 0 atom stereocenters. The van der Waals surface area contributed by atoms with E-state index in [2.05, 4.69) is 520 Å². The molecule has 6 nitrogen and oxygen atoms in total. The van der Waals surface area contributed by atoms with E-state index in [1.807, 2.05) is 0 Å². The molecule has 4 aliphatic carbocycles. The third kappa shape index (κ3) is 11.3. The zero-order valence-corrected chi connectivity index (χ0v) is 78.3. The monoisotopic (exact) mass is 1760 g/mol. The number of para-hydroxylation sites is 10. The Bertz CT molecular complexity index is 9440. The van der Waals surface area contributed by atoms with Crippen molar-refractivity contribution < 1.29 is 0 Å². The molecule has 0 unspecified atom stereocenters. The standard InChI is InChI=1S/C66H47N3.C66H49N3/c1-65(2)56-37-44(29-31-46(56)52-39-62-54(38-57(52)65)49-23-13-15-25-59(49)68(62)43-19-9-6-10-20-43)69-60-26-16-11-21-47(60)51-33-32-50-45-30-27-41(36-55(45)66(3,4)63(50)64(51)69)40-28-34-61-53(35-40)48-22-12-14-24-58(48)67(61)42-17-7-5-8-18-42;1-65(2)58-39-48(33-35-50(58)55-41-62-56(40-59(55)65)52-25-15-16-26-60(52)68(62)46-22-12-7-13-23-46)69-61-27-17-14-24-51(61)54-37-36-53-49-34-30-43(38-57(49)66(3,4)63(53)64(54)69)42-28-31-47(32-29-42)67(44-18-8-5-9-19-44)45-20-10-6-11-21-45/h5-39H,1-4H3;5-41H,1-4H3. The molecule has 0 saturated heterocycles. The van der Waals surface area contributed by atoms with Gasteiger partial charge in [-0.3, -0.25) is 0 Å². The van der Waals surface area contributed by atoms with E-state index in [9.17, 15) is 0 Å². The van der Waals surface area contributed by atoms with Crippen LogP contribution in [0.15, 0.2) is 437 Å². The Balaban J connectivity index is 0.000000136. The Morgan fingerprint density at radius 1 is 0.159 bits per heavy atom. The topological polar surface area (TPSA) is 27.9 Å². The van der Waals surface area contributed by atoms with Crippen molar-refractivity contribution in [1.82, 2.24) is 22.8 Å². The van der Waals surface area contributed by atoms with E-state index in [0.717, 1.165) is 17.1 Å². The van der Waals surface area contributed by atoms with Gasteiger partial charge in [0.2, 0.25) is 0 Å². The predicted molar refractivity (Wildman–Crippen MR) is 580 cm³/mol. The lowest BCUT2D eigenvalue weighted by molar-refractivity contribution is 0.659. The van der Waals surface area contributed by atoms with Gasteiger partial charge in [-0.1, -0.05) is 316 Å². The molecule has 5 aromatic heterocycles. The fourth-order valence-electron chi connectivity index (χ4n) is 25.4. The number of fused-ring (bicyclic) bond motifs is 29. The first kappa shape index (κ1) is 79.7. The molecule has 654 valence electrons. The third-order valence-corrected chi connectivity index (χ3v) is 31.8. The van der Waals surface area contributed by atoms with Crippen LogP contribution in [0.1, 0.15) is 99.9 Å². The van der Waals surface area contributed by atoms with Gasteiger partial charge in [0.1, 0.15) is 0 Å². The fourth-order valence-corrected chi connectivity index (χ4v) is 25.4. The van der Waals surface area contributed by atoms with Gasteiger partial charge in [-0.15, -0.1) is 0 Å². The molecule has 0 bridgehead atoms. The third-order valence-electron chi connectivity index (χ3n) is 31.8. The molecular formula is C132H96N6. The van der Waals surface area contributed by atoms with E-state index in [-0.39, 0.29) is 21.7 Å². The second kappa shape index (κ2) is 29.4. The molecule has 25 aromatic rings. The van der Waals surface area contributed by atoms with Crippen molar-refractivity contribution in [2.75, 3.05) is 4.90 Å². The summed E-state index contributed by atoms with van der Waals surface area (Å²) < 4.78 is 12.4. The van der Waals surface area contributed by atoms with Crippen LogP contribution in [0.3, 0.4) is 0 Å². The average molecular weight is 1770 g/mol. The second-order valence-corrected chi connectivity index (χ2v) is 40.6. The highest BCUT2D eigenvalue weighted by Gasteiger charge is 2.44. The second-order valence-electron chi connectivity index (χ2n) is 40.6. The molecule has 0 radical (unpaired) electrons. The van der Waals surface area contributed by atoms with Crippen molar-refractivity contribution in [3.05, 3.63) is 481 Å². The molecule has 0 spiro atoms. The number of aromatic nitrogens is 5. The molecule has 138 heavy (non-hydrogen) atoms. The summed E-state index contributed by atoms with van der Waals surface area (Å²) in [5.41, 5.74) is 47.3. The molecule has 20 aromatic carbocycles. The molecule has 0 N–H and O–H groups in total. The number of nitrogens with zero attached hydrogens (tertiary/aromatic N) is 6. The summed E-state index contributed by atoms with van der Waals surface area (Å²) in [5.74, 6) is 0. The van der Waals surface area contributed by atoms with Crippen LogP contribution < -0.4 is 4.90 Å². The lowest BCUT2D eigenvalue weighted by atomic mass is 9.80. The first-order valence-corrected chi connectivity index (χ1v) is 48.6. The van der Waals surface area contributed by atoms with Crippen molar-refractivity contribution in [1.29, 1.82) is 0 Å². The van der Waals surface area contributed by atoms with Crippen LogP contribution in [0.4, 0.5) is 17.1 Å². The van der Waals surface area contributed by atoms with Gasteiger partial charge in [-0.25, -0.2) is 0 Å². The van der Waals surface area contributed by atoms with Gasteiger partial charge in [-0.05, 0) is 287 Å². The Kier molecular flexibility index (Phi) is 17.0. The highest BCUT2D eigenvalue weighted by molar-refractivity contribution is 6.18. The molecule has 0 fully saturated rings. The van der Waals surface area contributed by atoms with E-state index in [0.29, 0.717) is 0 Å². The Morgan fingerprint density at radius 2 is 0.435 bits per heavy atom. The Morgan fingerprint density at radius 3 is 0.841 bits per heavy atom. The smallest absolute Gasteiger partial charge is 0.0588 e. The maximum atomic E-state index is 2.58. The van der Waals surface area contributed by atoms with E-state index in [4.69, 9.17) is 0 Å². The summed E-state index contributed by atoms with van der Waals surface area (Å²) in [7, 11) is 0. The highest BCUT2D eigenvalue weighted by atomic mass is 15.1. The highest BCUT2D eigenvalue weighted by Crippen LogP contribution is 2.60. The summed E-state index contributed by atoms with van der Waals surface area (Å²) in [5, 5.41) is 12.9. The normalized spacial score (nSPS) is 14.2. The molecule has 0 aliphatic heterocycles. The van der Waals surface area contributed by atoms with Crippen molar-refractivity contribution >= 4 is 126 Å². The summed E-state index contributed by atoms with van der Waals surface area (Å²) in [6.45, 7) is 19.4. The van der Waals surface area contributed by atoms with Crippen LogP contribution in [0.2, 0.25) is 0 Å². The van der Waals surface area contributed by atoms with E-state index >= 15 is 0 Å². The van der Waals surface area contributed by atoms with Crippen LogP contribution in [-0.2, 0) is 21.7 Å². The largest absolute Gasteiger partial charge is 0.311 e. The fraction of sp³-hybridized carbons (Fsp3) is 0.0909. The number of anilines is 3. The minimum Gasteiger partial charge on any atom is -0.311 e. The van der Waals surface area contributed by atoms with Gasteiger partial charge in [0.05, 0.1) is 55.2 Å². The maximum absolute atomic E-state index is 2.58. The summed E-state index contributed by atoms with van der Waals surface area (Å²) >= 11 is 0. The molecule has 0 saturated carbocycles. The van der Waals surface area contributed by atoms with Crippen molar-refractivity contribution in [2.24, 2.45) is 0 Å². The van der Waals surface area contributed by atoms with Crippen molar-refractivity contribution in [3.63, 3.8) is 0 Å². The minimum absolute atomic E-state index is 0.211. The van der Waals surface area contributed by atoms with E-state index in [1.54, 1.807) is 0 Å². The number of hydrogen-bond acceptors (Lipinski definition) is 1. The molecular weight excluding hydrogens is 1670 g/mol. The zero-order valence-electron chi connectivity index (χ0n) is 78.3. The van der Waals surface area contributed by atoms with Crippen LogP contribution in [0.5, 0.6) is 0 Å². The molecule has 0 amide bonds. The van der Waals surface area contributed by atoms with E-state index < -0.39 is 0 Å². The number of benzene rings is 20. The molecule has 4 aliphatic rings. The lowest BCUT2D eigenvalue weighted by Gasteiger charge is -2.26. The van der Waals surface area contributed by atoms with Gasteiger partial charge in [0, 0.05) is 121 Å². The predicted octanol–water partition coefficient (Wildman–Crippen LogP) is 34.9. The van der Waals surface area contributed by atoms with Gasteiger partial charge in [0.15, 0.2) is 0 Å². The quantitative estimate of drug-likeness (QED) is 0.134. The van der Waals surface area contributed by atoms with Gasteiger partial charge in [0.25, 0.3) is 0 Å². The van der Waals surface area contributed by atoms with Gasteiger partial charge in [-0.2, -0.15) is 0 Å². The van der Waals surface area contributed by atoms with Crippen LogP contribution in [0, 0.1) is 0 Å². The maximum Gasteiger partial charge on any atom is 0.0588 e. The number of hydrogen-bond donors (Lipinski definition) is 0. The molecule has 6 heteroatoms. The molecule has 29 rings (SSSR count). The number of rotatable bonds is 10.